The maximum atomic E-state index is 11.6. The van der Waals surface area contributed by atoms with Gasteiger partial charge in [0.2, 0.25) is 5.91 Å². The number of amides is 1. The van der Waals surface area contributed by atoms with Crippen LogP contribution in [-0.2, 0) is 9.59 Å². The smallest absolute Gasteiger partial charge is 0.326 e. The van der Waals surface area contributed by atoms with Crippen LogP contribution in [-0.4, -0.2) is 23.0 Å². The third kappa shape index (κ3) is 4.18. The first kappa shape index (κ1) is 14.2. The molecule has 0 fully saturated rings. The number of hydrogen-bond acceptors (Lipinski definition) is 3. The van der Waals surface area contributed by atoms with E-state index in [1.807, 2.05) is 30.3 Å². The van der Waals surface area contributed by atoms with Crippen LogP contribution in [0.25, 0.3) is 0 Å². The van der Waals surface area contributed by atoms with Crippen LogP contribution in [0.2, 0.25) is 0 Å². The second-order valence-electron chi connectivity index (χ2n) is 4.09. The molecule has 0 saturated heterocycles. The van der Waals surface area contributed by atoms with E-state index in [0.717, 1.165) is 5.56 Å². The monoisotopic (exact) mass is 250 g/mol. The first-order valence-electron chi connectivity index (χ1n) is 5.87. The number of aliphatic carboxylic acids is 1. The van der Waals surface area contributed by atoms with Gasteiger partial charge in [-0.3, -0.25) is 4.79 Å². The lowest BCUT2D eigenvalue weighted by Gasteiger charge is -2.15. The highest BCUT2D eigenvalue weighted by atomic mass is 16.4. The molecule has 0 aliphatic rings. The molecule has 1 unspecified atom stereocenters. The third-order valence-electron chi connectivity index (χ3n) is 2.67. The number of hydrogen-bond donors (Lipinski definition) is 3. The molecule has 0 saturated carbocycles. The number of nitrogens with two attached hydrogens (primary N) is 1. The summed E-state index contributed by atoms with van der Waals surface area (Å²) in [4.78, 5) is 22.4. The fourth-order valence-electron chi connectivity index (χ4n) is 1.61. The minimum Gasteiger partial charge on any atom is -0.480 e. The van der Waals surface area contributed by atoms with E-state index in [9.17, 15) is 9.59 Å². The highest BCUT2D eigenvalue weighted by Crippen LogP contribution is 2.13. The molecule has 4 N–H and O–H groups in total. The van der Waals surface area contributed by atoms with Gasteiger partial charge in [-0.15, -0.1) is 0 Å². The van der Waals surface area contributed by atoms with Crippen molar-refractivity contribution in [3.8, 4) is 0 Å². The molecule has 0 radical (unpaired) electrons. The van der Waals surface area contributed by atoms with E-state index in [2.05, 4.69) is 5.32 Å². The van der Waals surface area contributed by atoms with Gasteiger partial charge in [-0.1, -0.05) is 37.3 Å². The summed E-state index contributed by atoms with van der Waals surface area (Å²) in [6, 6.07) is 7.98. The first-order chi connectivity index (χ1) is 8.54. The van der Waals surface area contributed by atoms with E-state index in [0.29, 0.717) is 6.42 Å². The van der Waals surface area contributed by atoms with Crippen molar-refractivity contribution in [3.05, 3.63) is 35.9 Å². The summed E-state index contributed by atoms with van der Waals surface area (Å²) < 4.78 is 0. The minimum atomic E-state index is -1.03. The SMILES string of the molecule is CC[C@@H](NC(=O)CC(N)c1ccccc1)C(=O)O. The number of carboxylic acids is 1. The van der Waals surface area contributed by atoms with Crippen molar-refractivity contribution in [2.45, 2.75) is 31.8 Å². The Kier molecular flexibility index (Phi) is 5.32. The molecular formula is C13H18N2O3. The maximum absolute atomic E-state index is 11.6. The van der Waals surface area contributed by atoms with E-state index in [1.165, 1.54) is 0 Å². The summed E-state index contributed by atoms with van der Waals surface area (Å²) in [5.41, 5.74) is 6.74. The van der Waals surface area contributed by atoms with Crippen molar-refractivity contribution in [1.29, 1.82) is 0 Å². The van der Waals surface area contributed by atoms with Crippen molar-refractivity contribution >= 4 is 11.9 Å². The van der Waals surface area contributed by atoms with Crippen LogP contribution in [0, 0.1) is 0 Å². The second kappa shape index (κ2) is 6.76. The molecular weight excluding hydrogens is 232 g/mol. The topological polar surface area (TPSA) is 92.4 Å². The fourth-order valence-corrected chi connectivity index (χ4v) is 1.61. The van der Waals surface area contributed by atoms with Crippen molar-refractivity contribution in [1.82, 2.24) is 5.32 Å². The van der Waals surface area contributed by atoms with Crippen LogP contribution in [0.5, 0.6) is 0 Å². The highest BCUT2D eigenvalue weighted by Gasteiger charge is 2.19. The fraction of sp³-hybridized carbons (Fsp3) is 0.385. The zero-order valence-electron chi connectivity index (χ0n) is 10.3. The molecule has 1 rings (SSSR count). The highest BCUT2D eigenvalue weighted by molar-refractivity contribution is 5.83. The van der Waals surface area contributed by atoms with Crippen LogP contribution in [0.3, 0.4) is 0 Å². The third-order valence-corrected chi connectivity index (χ3v) is 2.67. The lowest BCUT2D eigenvalue weighted by atomic mass is 10.0. The Hall–Kier alpha value is -1.88. The maximum Gasteiger partial charge on any atom is 0.326 e. The average Bonchev–Trinajstić information content (AvgIpc) is 2.36. The molecule has 5 heteroatoms. The number of benzene rings is 1. The molecule has 98 valence electrons. The summed E-state index contributed by atoms with van der Waals surface area (Å²) in [6.07, 6.45) is 0.426. The van der Waals surface area contributed by atoms with Crippen LogP contribution >= 0.6 is 0 Å². The van der Waals surface area contributed by atoms with Crippen LogP contribution in [0.1, 0.15) is 31.4 Å². The predicted octanol–water partition coefficient (Wildman–Crippen LogP) is 1.06. The van der Waals surface area contributed by atoms with Gasteiger partial charge >= 0.3 is 5.97 Å². The van der Waals surface area contributed by atoms with Gasteiger partial charge in [0, 0.05) is 12.5 Å². The molecule has 0 spiro atoms. The Bertz CT molecular complexity index is 406. The van der Waals surface area contributed by atoms with Crippen molar-refractivity contribution in [3.63, 3.8) is 0 Å². The van der Waals surface area contributed by atoms with Crippen LogP contribution in [0.15, 0.2) is 30.3 Å². The first-order valence-corrected chi connectivity index (χ1v) is 5.87. The van der Waals surface area contributed by atoms with Gasteiger partial charge in [0.1, 0.15) is 6.04 Å². The summed E-state index contributed by atoms with van der Waals surface area (Å²) in [5, 5.41) is 11.3. The van der Waals surface area contributed by atoms with Crippen molar-refractivity contribution < 1.29 is 14.7 Å². The standard InChI is InChI=1S/C13H18N2O3/c1-2-11(13(17)18)15-12(16)8-10(14)9-6-4-3-5-7-9/h3-7,10-11H,2,8,14H2,1H3,(H,15,16)(H,17,18)/t10?,11-/m1/s1. The van der Waals surface area contributed by atoms with Gasteiger partial charge in [-0.05, 0) is 12.0 Å². The Morgan fingerprint density at radius 3 is 2.44 bits per heavy atom. The Morgan fingerprint density at radius 2 is 1.94 bits per heavy atom. The van der Waals surface area contributed by atoms with E-state index in [1.54, 1.807) is 6.92 Å². The Morgan fingerprint density at radius 1 is 1.33 bits per heavy atom. The van der Waals surface area contributed by atoms with Gasteiger partial charge in [-0.25, -0.2) is 4.79 Å². The molecule has 1 aromatic carbocycles. The Balaban J connectivity index is 2.52. The van der Waals surface area contributed by atoms with Crippen LogP contribution in [0.4, 0.5) is 0 Å². The molecule has 18 heavy (non-hydrogen) atoms. The van der Waals surface area contributed by atoms with Gasteiger partial charge in [0.05, 0.1) is 0 Å². The quantitative estimate of drug-likeness (QED) is 0.703. The Labute approximate surface area is 106 Å². The average molecular weight is 250 g/mol. The largest absolute Gasteiger partial charge is 0.480 e. The zero-order chi connectivity index (χ0) is 13.5. The van der Waals surface area contributed by atoms with Crippen molar-refractivity contribution in [2.24, 2.45) is 5.73 Å². The normalized spacial score (nSPS) is 13.7. The molecule has 0 aliphatic heterocycles. The molecule has 2 atom stereocenters. The molecule has 0 aliphatic carbocycles. The number of carbonyl (C=O) groups is 2. The molecule has 0 bridgehead atoms. The van der Waals surface area contributed by atoms with Gasteiger partial charge in [0.15, 0.2) is 0 Å². The van der Waals surface area contributed by atoms with Gasteiger partial charge < -0.3 is 16.2 Å². The lowest BCUT2D eigenvalue weighted by molar-refractivity contribution is -0.141. The van der Waals surface area contributed by atoms with E-state index >= 15 is 0 Å². The number of rotatable bonds is 6. The lowest BCUT2D eigenvalue weighted by Crippen LogP contribution is -2.41. The van der Waals surface area contributed by atoms with Gasteiger partial charge in [-0.2, -0.15) is 0 Å². The number of nitrogens with one attached hydrogen (secondary N) is 1. The molecule has 0 aromatic heterocycles. The summed E-state index contributed by atoms with van der Waals surface area (Å²) in [6.45, 7) is 1.70. The van der Waals surface area contributed by atoms with E-state index in [-0.39, 0.29) is 12.3 Å². The summed E-state index contributed by atoms with van der Waals surface area (Å²) in [7, 11) is 0. The van der Waals surface area contributed by atoms with Gasteiger partial charge in [0.25, 0.3) is 0 Å². The van der Waals surface area contributed by atoms with Crippen LogP contribution < -0.4 is 11.1 Å². The van der Waals surface area contributed by atoms with E-state index < -0.39 is 18.1 Å². The minimum absolute atomic E-state index is 0.0772. The number of carbonyl (C=O) groups excluding carboxylic acids is 1. The van der Waals surface area contributed by atoms with E-state index in [4.69, 9.17) is 10.8 Å². The predicted molar refractivity (Wildman–Crippen MR) is 67.8 cm³/mol. The molecule has 1 amide bonds. The molecule has 1 aromatic rings. The molecule has 5 nitrogen and oxygen atoms in total. The molecule has 0 heterocycles. The summed E-state index contributed by atoms with van der Waals surface area (Å²) in [5.74, 6) is -1.38. The second-order valence-corrected chi connectivity index (χ2v) is 4.09. The zero-order valence-corrected chi connectivity index (χ0v) is 10.3. The van der Waals surface area contributed by atoms with Crippen molar-refractivity contribution in [2.75, 3.05) is 0 Å². The number of carboxylic acid groups (broad SMARTS) is 1. The summed E-state index contributed by atoms with van der Waals surface area (Å²) >= 11 is 0.